The second kappa shape index (κ2) is 10.1. The summed E-state index contributed by atoms with van der Waals surface area (Å²) >= 11 is 16.2. The zero-order valence-corrected chi connectivity index (χ0v) is 20.8. The molecule has 1 saturated heterocycles. The van der Waals surface area contributed by atoms with Gasteiger partial charge in [0, 0.05) is 11.3 Å². The summed E-state index contributed by atoms with van der Waals surface area (Å²) < 4.78 is 11.0. The number of alkyl halides is 1. The van der Waals surface area contributed by atoms with Gasteiger partial charge in [0.2, 0.25) is 0 Å². The highest BCUT2D eigenvalue weighted by molar-refractivity contribution is 7.74. The Labute approximate surface area is 204 Å². The molecule has 0 amide bonds. The van der Waals surface area contributed by atoms with Crippen LogP contribution in [0, 0.1) is 17.2 Å². The lowest BCUT2D eigenvalue weighted by Gasteiger charge is -2.41. The van der Waals surface area contributed by atoms with Gasteiger partial charge in [-0.3, -0.25) is 0 Å². The third-order valence-electron chi connectivity index (χ3n) is 5.74. The maximum absolute atomic E-state index is 9.79. The minimum absolute atomic E-state index is 0.284. The summed E-state index contributed by atoms with van der Waals surface area (Å²) in [6.07, 6.45) is 0. The Bertz CT molecular complexity index is 982. The minimum atomic E-state index is -0.447. The molecule has 2 aromatic rings. The Morgan fingerprint density at radius 1 is 1.22 bits per heavy atom. The van der Waals surface area contributed by atoms with Crippen LogP contribution in [0.2, 0.25) is 5.02 Å². The highest BCUT2D eigenvalue weighted by Gasteiger charge is 2.39. The number of quaternary nitrogens is 1. The van der Waals surface area contributed by atoms with Crippen LogP contribution in [0.4, 0.5) is 0 Å². The Hall–Kier alpha value is -1.66. The number of benzene rings is 2. The first kappa shape index (κ1) is 25.0. The minimum Gasteiger partial charge on any atom is -0.493 e. The molecule has 2 aromatic carbocycles. The molecule has 1 aliphatic rings. The summed E-state index contributed by atoms with van der Waals surface area (Å²) in [7, 11) is 1.61. The number of hydrogen-bond donors (Lipinski definition) is 2. The molecule has 0 saturated carbocycles. The molecule has 1 heterocycles. The molecule has 0 bridgehead atoms. The molecule has 0 radical (unpaired) electrons. The lowest BCUT2D eigenvalue weighted by atomic mass is 9.77. The molecule has 172 valence electrons. The van der Waals surface area contributed by atoms with Gasteiger partial charge in [0.1, 0.15) is 38.3 Å². The molecule has 1 fully saturated rings. The summed E-state index contributed by atoms with van der Waals surface area (Å²) in [6, 6.07) is 13.8. The Morgan fingerprint density at radius 3 is 2.44 bits per heavy atom. The molecular formula is C23H28Cl2N3O3S+. The van der Waals surface area contributed by atoms with Crippen molar-refractivity contribution in [3.63, 3.8) is 0 Å². The Balaban J connectivity index is 1.69. The summed E-state index contributed by atoms with van der Waals surface area (Å²) in [5.41, 5.74) is 1.98. The lowest BCUT2D eigenvalue weighted by molar-refractivity contribution is -1.08. The van der Waals surface area contributed by atoms with Gasteiger partial charge in [0.05, 0.1) is 36.2 Å². The quantitative estimate of drug-likeness (QED) is 0.219. The number of rotatable bonds is 9. The highest BCUT2D eigenvalue weighted by Crippen LogP contribution is 2.38. The largest absolute Gasteiger partial charge is 0.493 e. The van der Waals surface area contributed by atoms with E-state index in [-0.39, 0.29) is 12.0 Å². The van der Waals surface area contributed by atoms with E-state index in [9.17, 15) is 10.5 Å². The SMILES string of the molecule is CC(C)(c1ccc(OCC2CN([N+](C)(O)S)C2)cc1)c1cc(Cl)c(OCCCl)c(C#N)c1. The van der Waals surface area contributed by atoms with Crippen molar-refractivity contribution in [1.82, 2.24) is 5.01 Å². The van der Waals surface area contributed by atoms with E-state index in [1.54, 1.807) is 7.05 Å². The summed E-state index contributed by atoms with van der Waals surface area (Å²) in [4.78, 5) is 0. The van der Waals surface area contributed by atoms with Gasteiger partial charge in [-0.1, -0.05) is 41.7 Å². The van der Waals surface area contributed by atoms with E-state index in [1.807, 2.05) is 41.4 Å². The molecule has 0 aliphatic carbocycles. The molecule has 6 nitrogen and oxygen atoms in total. The lowest BCUT2D eigenvalue weighted by Crippen LogP contribution is -2.61. The van der Waals surface area contributed by atoms with E-state index < -0.39 is 4.16 Å². The zero-order chi connectivity index (χ0) is 23.5. The number of hydroxylamine groups is 1. The van der Waals surface area contributed by atoms with Crippen LogP contribution in [0.3, 0.4) is 0 Å². The van der Waals surface area contributed by atoms with Gasteiger partial charge in [0.25, 0.3) is 0 Å². The fourth-order valence-corrected chi connectivity index (χ4v) is 4.13. The van der Waals surface area contributed by atoms with Crippen LogP contribution in [0.5, 0.6) is 11.5 Å². The van der Waals surface area contributed by atoms with Crippen LogP contribution in [-0.4, -0.2) is 53.6 Å². The van der Waals surface area contributed by atoms with Crippen LogP contribution in [0.25, 0.3) is 0 Å². The Morgan fingerprint density at radius 2 is 1.88 bits per heavy atom. The van der Waals surface area contributed by atoms with Gasteiger partial charge in [-0.2, -0.15) is 10.5 Å². The number of ether oxygens (including phenoxy) is 2. The highest BCUT2D eigenvalue weighted by atomic mass is 35.5. The van der Waals surface area contributed by atoms with Crippen LogP contribution in [0.15, 0.2) is 36.4 Å². The normalized spacial score (nSPS) is 16.7. The first-order valence-corrected chi connectivity index (χ1v) is 11.6. The second-order valence-electron chi connectivity index (χ2n) is 8.55. The first-order chi connectivity index (χ1) is 15.1. The van der Waals surface area contributed by atoms with Gasteiger partial charge in [-0.15, -0.1) is 16.6 Å². The molecule has 0 spiro atoms. The third-order valence-corrected chi connectivity index (χ3v) is 6.43. The number of hydrogen-bond acceptors (Lipinski definition) is 6. The van der Waals surface area contributed by atoms with Crippen molar-refractivity contribution in [2.75, 3.05) is 39.2 Å². The smallest absolute Gasteiger partial charge is 0.155 e. The number of halogens is 2. The number of thiol groups is 1. The van der Waals surface area contributed by atoms with Gasteiger partial charge in [-0.05, 0) is 35.4 Å². The van der Waals surface area contributed by atoms with Crippen LogP contribution < -0.4 is 9.47 Å². The molecule has 1 unspecified atom stereocenters. The molecule has 0 aromatic heterocycles. The van der Waals surface area contributed by atoms with Crippen LogP contribution in [0.1, 0.15) is 30.5 Å². The van der Waals surface area contributed by atoms with E-state index >= 15 is 0 Å². The molecule has 9 heteroatoms. The monoisotopic (exact) mass is 496 g/mol. The van der Waals surface area contributed by atoms with Crippen molar-refractivity contribution < 1.29 is 18.8 Å². The summed E-state index contributed by atoms with van der Waals surface area (Å²) in [5.74, 6) is 1.83. The average molecular weight is 497 g/mol. The predicted molar refractivity (Wildman–Crippen MR) is 128 cm³/mol. The standard InChI is InChI=1S/C23H28Cl2N3O3S/c1-23(2,19-10-17(12-26)22(21(25)11-19)30-9-8-24)18-4-6-20(7-5-18)31-15-16-13-27(14-16)28(3,29)32/h4-7,10-11,16,29,32H,8-9,13-15H2,1-3H3/q+1. The maximum atomic E-state index is 9.79. The number of nitrogens with zero attached hydrogens (tertiary/aromatic N) is 3. The molecule has 1 atom stereocenters. The first-order valence-electron chi connectivity index (χ1n) is 10.3. The molecular weight excluding hydrogens is 469 g/mol. The van der Waals surface area contributed by atoms with E-state index in [0.29, 0.717) is 34.7 Å². The van der Waals surface area contributed by atoms with Gasteiger partial charge < -0.3 is 9.47 Å². The average Bonchev–Trinajstić information content (AvgIpc) is 2.70. The summed E-state index contributed by atoms with van der Waals surface area (Å²) in [5, 5.41) is 21.6. The fourth-order valence-electron chi connectivity index (χ4n) is 3.63. The fraction of sp³-hybridized carbons (Fsp3) is 0.435. The third kappa shape index (κ3) is 5.63. The Kier molecular flexibility index (Phi) is 7.87. The van der Waals surface area contributed by atoms with E-state index in [1.165, 1.54) is 0 Å². The van der Waals surface area contributed by atoms with E-state index in [0.717, 1.165) is 30.0 Å². The van der Waals surface area contributed by atoms with Crippen LogP contribution in [-0.2, 0) is 5.41 Å². The van der Waals surface area contributed by atoms with E-state index in [4.69, 9.17) is 32.7 Å². The van der Waals surface area contributed by atoms with Crippen molar-refractivity contribution in [3.05, 3.63) is 58.1 Å². The molecule has 1 aliphatic heterocycles. The van der Waals surface area contributed by atoms with Crippen molar-refractivity contribution >= 4 is 36.0 Å². The molecule has 32 heavy (non-hydrogen) atoms. The van der Waals surface area contributed by atoms with Crippen molar-refractivity contribution in [1.29, 1.82) is 5.26 Å². The van der Waals surface area contributed by atoms with Gasteiger partial charge >= 0.3 is 0 Å². The van der Waals surface area contributed by atoms with Crippen LogP contribution >= 0.6 is 36.0 Å². The topological polar surface area (TPSA) is 65.7 Å². The molecule has 1 N–H and O–H groups in total. The second-order valence-corrected chi connectivity index (χ2v) is 10.1. The van der Waals surface area contributed by atoms with Crippen molar-refractivity contribution in [3.8, 4) is 17.6 Å². The number of nitriles is 1. The zero-order valence-electron chi connectivity index (χ0n) is 18.4. The van der Waals surface area contributed by atoms with Gasteiger partial charge in [0.15, 0.2) is 5.75 Å². The van der Waals surface area contributed by atoms with Gasteiger partial charge in [-0.25, -0.2) is 0 Å². The maximum Gasteiger partial charge on any atom is 0.155 e. The van der Waals surface area contributed by atoms with E-state index in [2.05, 4.69) is 32.7 Å². The molecule has 3 rings (SSSR count). The van der Waals surface area contributed by atoms with Crippen molar-refractivity contribution in [2.45, 2.75) is 19.3 Å². The predicted octanol–water partition coefficient (Wildman–Crippen LogP) is 5.06. The summed E-state index contributed by atoms with van der Waals surface area (Å²) in [6.45, 7) is 6.49. The van der Waals surface area contributed by atoms with Crippen molar-refractivity contribution in [2.24, 2.45) is 5.92 Å².